The number of aromatic nitrogens is 1. The van der Waals surface area contributed by atoms with Gasteiger partial charge in [-0.25, -0.2) is 4.98 Å². The predicted molar refractivity (Wildman–Crippen MR) is 93.4 cm³/mol. The lowest BCUT2D eigenvalue weighted by Crippen LogP contribution is -2.11. The van der Waals surface area contributed by atoms with Crippen molar-refractivity contribution in [3.05, 3.63) is 64.5 Å². The molecular formula is C18H14N2O4S. The monoisotopic (exact) mass is 354 g/mol. The molecule has 0 unspecified atom stereocenters. The van der Waals surface area contributed by atoms with E-state index in [9.17, 15) is 4.79 Å². The van der Waals surface area contributed by atoms with Crippen LogP contribution in [0.15, 0.2) is 54.0 Å². The minimum atomic E-state index is -0.182. The largest absolute Gasteiger partial charge is 0.489 e. The van der Waals surface area contributed by atoms with Crippen molar-refractivity contribution in [1.82, 2.24) is 4.98 Å². The lowest BCUT2D eigenvalue weighted by atomic mass is 10.3. The molecule has 1 amide bonds. The maximum Gasteiger partial charge on any atom is 0.266 e. The summed E-state index contributed by atoms with van der Waals surface area (Å²) in [7, 11) is 0. The molecule has 0 atom stereocenters. The van der Waals surface area contributed by atoms with E-state index in [2.05, 4.69) is 10.3 Å². The molecule has 0 spiro atoms. The summed E-state index contributed by atoms with van der Waals surface area (Å²) >= 11 is 1.37. The van der Waals surface area contributed by atoms with Crippen LogP contribution < -0.4 is 19.5 Å². The summed E-state index contributed by atoms with van der Waals surface area (Å²) in [5, 5.41) is 4.67. The van der Waals surface area contributed by atoms with Gasteiger partial charge in [-0.15, -0.1) is 11.3 Å². The van der Waals surface area contributed by atoms with E-state index >= 15 is 0 Å². The van der Waals surface area contributed by atoms with Crippen molar-refractivity contribution in [2.24, 2.45) is 0 Å². The van der Waals surface area contributed by atoms with Crippen molar-refractivity contribution >= 4 is 23.1 Å². The van der Waals surface area contributed by atoms with Crippen LogP contribution in [0.2, 0.25) is 0 Å². The van der Waals surface area contributed by atoms with Gasteiger partial charge >= 0.3 is 0 Å². The highest BCUT2D eigenvalue weighted by Gasteiger charge is 2.14. The molecule has 4 rings (SSSR count). The smallest absolute Gasteiger partial charge is 0.266 e. The van der Waals surface area contributed by atoms with Gasteiger partial charge in [-0.05, 0) is 35.7 Å². The minimum absolute atomic E-state index is 0.182. The number of nitrogens with one attached hydrogen (secondary N) is 1. The summed E-state index contributed by atoms with van der Waals surface area (Å²) in [5.41, 5.74) is 0.925. The Bertz CT molecular complexity index is 895. The van der Waals surface area contributed by atoms with Crippen molar-refractivity contribution in [1.29, 1.82) is 0 Å². The molecule has 1 N–H and O–H groups in total. The fourth-order valence-corrected chi connectivity index (χ4v) is 3.11. The van der Waals surface area contributed by atoms with Crippen LogP contribution in [-0.4, -0.2) is 17.7 Å². The van der Waals surface area contributed by atoms with Crippen molar-refractivity contribution in [3.63, 3.8) is 0 Å². The Kier molecular flexibility index (Phi) is 4.22. The third kappa shape index (κ3) is 3.56. The summed E-state index contributed by atoms with van der Waals surface area (Å²) in [4.78, 5) is 16.9. The van der Waals surface area contributed by atoms with Crippen LogP contribution in [0.5, 0.6) is 17.2 Å². The molecule has 1 aliphatic rings. The molecule has 0 radical (unpaired) electrons. The molecule has 1 aliphatic heterocycles. The topological polar surface area (TPSA) is 69.7 Å². The molecule has 0 bridgehead atoms. The zero-order valence-electron chi connectivity index (χ0n) is 13.1. The Morgan fingerprint density at radius 2 is 2.12 bits per heavy atom. The van der Waals surface area contributed by atoms with Gasteiger partial charge in [0.1, 0.15) is 18.2 Å². The van der Waals surface area contributed by atoms with Gasteiger partial charge in [0.15, 0.2) is 11.5 Å². The number of benzene rings is 1. The van der Waals surface area contributed by atoms with Crippen LogP contribution in [0.4, 0.5) is 5.82 Å². The first kappa shape index (κ1) is 15.5. The fourth-order valence-electron chi connectivity index (χ4n) is 2.32. The maximum absolute atomic E-state index is 12.2. The van der Waals surface area contributed by atoms with Crippen LogP contribution in [0.1, 0.15) is 15.2 Å². The van der Waals surface area contributed by atoms with E-state index in [4.69, 9.17) is 14.2 Å². The molecular weight excluding hydrogens is 340 g/mol. The lowest BCUT2D eigenvalue weighted by Gasteiger charge is -2.05. The van der Waals surface area contributed by atoms with Crippen LogP contribution in [0.25, 0.3) is 0 Å². The number of carbonyl (C=O) groups is 1. The third-order valence-electron chi connectivity index (χ3n) is 3.53. The van der Waals surface area contributed by atoms with E-state index in [-0.39, 0.29) is 12.7 Å². The quantitative estimate of drug-likeness (QED) is 0.756. The first-order valence-corrected chi connectivity index (χ1v) is 8.48. The number of anilines is 1. The van der Waals surface area contributed by atoms with Crippen LogP contribution in [0.3, 0.4) is 0 Å². The number of hydrogen-bond donors (Lipinski definition) is 1. The molecule has 0 fully saturated rings. The Hall–Kier alpha value is -3.06. The minimum Gasteiger partial charge on any atom is -0.489 e. The number of nitrogens with zero attached hydrogens (tertiary/aromatic N) is 1. The average molecular weight is 354 g/mol. The van der Waals surface area contributed by atoms with Crippen molar-refractivity contribution < 1.29 is 19.0 Å². The molecule has 0 saturated carbocycles. The normalized spacial score (nSPS) is 12.0. The molecule has 0 saturated heterocycles. The predicted octanol–water partition coefficient (Wildman–Crippen LogP) is 3.70. The van der Waals surface area contributed by atoms with Gasteiger partial charge in [0.2, 0.25) is 6.79 Å². The van der Waals surface area contributed by atoms with E-state index in [1.54, 1.807) is 24.4 Å². The molecule has 0 aliphatic carbocycles. The number of rotatable bonds is 5. The highest BCUT2D eigenvalue weighted by molar-refractivity contribution is 7.12. The number of thiophene rings is 1. The number of hydrogen-bond acceptors (Lipinski definition) is 6. The van der Waals surface area contributed by atoms with Gasteiger partial charge in [-0.2, -0.15) is 0 Å². The summed E-state index contributed by atoms with van der Waals surface area (Å²) in [6.07, 6.45) is 1.63. The number of amides is 1. The second-order valence-electron chi connectivity index (χ2n) is 5.29. The summed E-state index contributed by atoms with van der Waals surface area (Å²) in [6.45, 7) is 0.602. The second-order valence-corrected chi connectivity index (χ2v) is 6.20. The van der Waals surface area contributed by atoms with E-state index in [0.29, 0.717) is 28.8 Å². The second kappa shape index (κ2) is 6.82. The molecule has 3 aromatic rings. The molecule has 3 heterocycles. The maximum atomic E-state index is 12.2. The number of pyridine rings is 1. The highest BCUT2D eigenvalue weighted by Crippen LogP contribution is 2.35. The summed E-state index contributed by atoms with van der Waals surface area (Å²) in [6, 6.07) is 12.6. The van der Waals surface area contributed by atoms with Gasteiger partial charge in [-0.3, -0.25) is 4.79 Å². The highest BCUT2D eigenvalue weighted by atomic mass is 32.1. The molecule has 126 valence electrons. The summed E-state index contributed by atoms with van der Waals surface area (Å²) < 4.78 is 16.3. The van der Waals surface area contributed by atoms with Crippen LogP contribution in [-0.2, 0) is 6.61 Å². The SMILES string of the molecule is O=C(Nc1ccccn1)c1cc(COc2ccc3c(c2)OCO3)cs1. The van der Waals surface area contributed by atoms with Gasteiger partial charge in [0, 0.05) is 17.8 Å². The van der Waals surface area contributed by atoms with E-state index < -0.39 is 0 Å². The standard InChI is InChI=1S/C18H14N2O4S/c21-18(20-17-3-1-2-6-19-17)16-7-12(10-25-16)9-22-13-4-5-14-15(8-13)24-11-23-14/h1-8,10H,9,11H2,(H,19,20,21). The van der Waals surface area contributed by atoms with Crippen molar-refractivity contribution in [2.45, 2.75) is 6.61 Å². The van der Waals surface area contributed by atoms with Gasteiger partial charge in [-0.1, -0.05) is 6.07 Å². The van der Waals surface area contributed by atoms with E-state index in [0.717, 1.165) is 11.3 Å². The third-order valence-corrected chi connectivity index (χ3v) is 4.51. The Balaban J connectivity index is 1.37. The Morgan fingerprint density at radius 1 is 1.20 bits per heavy atom. The van der Waals surface area contributed by atoms with Crippen LogP contribution in [0, 0.1) is 0 Å². The number of ether oxygens (including phenoxy) is 3. The van der Waals surface area contributed by atoms with Crippen molar-refractivity contribution in [2.75, 3.05) is 12.1 Å². The first-order valence-electron chi connectivity index (χ1n) is 7.60. The van der Waals surface area contributed by atoms with E-state index in [1.165, 1.54) is 11.3 Å². The number of fused-ring (bicyclic) bond motifs is 1. The zero-order valence-corrected chi connectivity index (χ0v) is 13.9. The molecule has 6 nitrogen and oxygen atoms in total. The van der Waals surface area contributed by atoms with Crippen LogP contribution >= 0.6 is 11.3 Å². The fraction of sp³-hybridized carbons (Fsp3) is 0.111. The van der Waals surface area contributed by atoms with Gasteiger partial charge in [0.05, 0.1) is 4.88 Å². The zero-order chi connectivity index (χ0) is 17.1. The molecule has 1 aromatic carbocycles. The van der Waals surface area contributed by atoms with Gasteiger partial charge in [0.25, 0.3) is 5.91 Å². The van der Waals surface area contributed by atoms with E-state index in [1.807, 2.05) is 29.6 Å². The van der Waals surface area contributed by atoms with Gasteiger partial charge < -0.3 is 19.5 Å². The summed E-state index contributed by atoms with van der Waals surface area (Å²) in [5.74, 6) is 2.43. The molecule has 7 heteroatoms. The Labute approximate surface area is 148 Å². The molecule has 2 aromatic heterocycles. The Morgan fingerprint density at radius 3 is 3.00 bits per heavy atom. The average Bonchev–Trinajstić information content (AvgIpc) is 3.29. The van der Waals surface area contributed by atoms with Crippen molar-refractivity contribution in [3.8, 4) is 17.2 Å². The number of carbonyl (C=O) groups excluding carboxylic acids is 1. The lowest BCUT2D eigenvalue weighted by molar-refractivity contribution is 0.103. The molecule has 25 heavy (non-hydrogen) atoms. The first-order chi connectivity index (χ1) is 12.3.